The first-order valence-corrected chi connectivity index (χ1v) is 7.58. The van der Waals surface area contributed by atoms with E-state index in [-0.39, 0.29) is 22.3 Å². The van der Waals surface area contributed by atoms with E-state index >= 15 is 0 Å². The van der Waals surface area contributed by atoms with Gasteiger partial charge in [-0.25, -0.2) is 18.1 Å². The highest BCUT2D eigenvalue weighted by Gasteiger charge is 2.16. The number of anilines is 1. The molecule has 2 aromatic heterocycles. The number of hydrogen-bond donors (Lipinski definition) is 2. The lowest BCUT2D eigenvalue weighted by Crippen LogP contribution is -2.24. The van der Waals surface area contributed by atoms with Crippen LogP contribution in [0.2, 0.25) is 5.02 Å². The summed E-state index contributed by atoms with van der Waals surface area (Å²) in [4.78, 5) is 7.90. The molecular formula is C12H13ClN4O2S. The van der Waals surface area contributed by atoms with Gasteiger partial charge in [0.1, 0.15) is 10.7 Å². The van der Waals surface area contributed by atoms with E-state index in [0.717, 1.165) is 11.9 Å². The van der Waals surface area contributed by atoms with Crippen LogP contribution in [0.5, 0.6) is 0 Å². The number of aromatic nitrogens is 2. The minimum absolute atomic E-state index is 0.0376. The highest BCUT2D eigenvalue weighted by atomic mass is 35.5. The topological polar surface area (TPSA) is 98.0 Å². The molecule has 106 valence electrons. The average Bonchev–Trinajstić information content (AvgIpc) is 2.40. The summed E-state index contributed by atoms with van der Waals surface area (Å²) in [6.07, 6.45) is 1.16. The molecule has 0 fully saturated rings. The van der Waals surface area contributed by atoms with Gasteiger partial charge >= 0.3 is 0 Å². The number of halogens is 1. The molecule has 0 aliphatic carbocycles. The average molecular weight is 313 g/mol. The van der Waals surface area contributed by atoms with Gasteiger partial charge in [-0.15, -0.1) is 0 Å². The fourth-order valence-electron chi connectivity index (χ4n) is 1.53. The van der Waals surface area contributed by atoms with Crippen molar-refractivity contribution in [2.75, 3.05) is 5.73 Å². The van der Waals surface area contributed by atoms with Crippen molar-refractivity contribution in [2.45, 2.75) is 18.4 Å². The van der Waals surface area contributed by atoms with Crippen molar-refractivity contribution >= 4 is 27.4 Å². The van der Waals surface area contributed by atoms with Crippen LogP contribution in [0.15, 0.2) is 35.4 Å². The van der Waals surface area contributed by atoms with E-state index in [1.165, 1.54) is 6.07 Å². The van der Waals surface area contributed by atoms with Gasteiger partial charge in [0, 0.05) is 11.9 Å². The Bertz CT molecular complexity index is 734. The summed E-state index contributed by atoms with van der Waals surface area (Å²) in [5.41, 5.74) is 6.89. The van der Waals surface area contributed by atoms with E-state index in [1.807, 2.05) is 19.1 Å². The number of hydrogen-bond acceptors (Lipinski definition) is 5. The van der Waals surface area contributed by atoms with E-state index in [4.69, 9.17) is 17.3 Å². The standard InChI is InChI=1S/C12H13ClN4O2S/c1-8-3-2-4-9(17-8)6-16-20(18,19)10-5-11(13)12(14)15-7-10/h2-5,7,16H,6H2,1H3,(H2,14,15). The number of rotatable bonds is 4. The van der Waals surface area contributed by atoms with Gasteiger partial charge in [0.2, 0.25) is 10.0 Å². The minimum Gasteiger partial charge on any atom is -0.382 e. The summed E-state index contributed by atoms with van der Waals surface area (Å²) in [7, 11) is -3.70. The second kappa shape index (κ2) is 5.74. The Morgan fingerprint density at radius 3 is 2.80 bits per heavy atom. The molecule has 2 aromatic rings. The van der Waals surface area contributed by atoms with Crippen LogP contribution in [0, 0.1) is 6.92 Å². The number of nitrogens with one attached hydrogen (secondary N) is 1. The second-order valence-electron chi connectivity index (χ2n) is 4.13. The molecule has 0 bridgehead atoms. The highest BCUT2D eigenvalue weighted by molar-refractivity contribution is 7.89. The first kappa shape index (κ1) is 14.7. The van der Waals surface area contributed by atoms with Gasteiger partial charge in [-0.05, 0) is 25.1 Å². The number of pyridine rings is 2. The number of aryl methyl sites for hydroxylation is 1. The van der Waals surface area contributed by atoms with Crippen LogP contribution in [-0.4, -0.2) is 18.4 Å². The molecule has 6 nitrogen and oxygen atoms in total. The lowest BCUT2D eigenvalue weighted by atomic mass is 10.3. The Labute approximate surface area is 122 Å². The zero-order chi connectivity index (χ0) is 14.8. The molecule has 8 heteroatoms. The maximum absolute atomic E-state index is 12.1. The van der Waals surface area contributed by atoms with Crippen molar-refractivity contribution < 1.29 is 8.42 Å². The lowest BCUT2D eigenvalue weighted by Gasteiger charge is -2.07. The van der Waals surface area contributed by atoms with Gasteiger partial charge in [-0.3, -0.25) is 4.98 Å². The van der Waals surface area contributed by atoms with E-state index in [2.05, 4.69) is 14.7 Å². The zero-order valence-electron chi connectivity index (χ0n) is 10.7. The van der Waals surface area contributed by atoms with Crippen molar-refractivity contribution in [1.82, 2.24) is 14.7 Å². The van der Waals surface area contributed by atoms with Crippen LogP contribution in [0.25, 0.3) is 0 Å². The van der Waals surface area contributed by atoms with Crippen LogP contribution in [0.1, 0.15) is 11.4 Å². The fraction of sp³-hybridized carbons (Fsp3) is 0.167. The molecule has 0 radical (unpaired) electrons. The molecule has 2 heterocycles. The Morgan fingerprint density at radius 1 is 1.40 bits per heavy atom. The maximum Gasteiger partial charge on any atom is 0.242 e. The number of nitrogens with zero attached hydrogens (tertiary/aromatic N) is 2. The number of nitrogens with two attached hydrogens (primary N) is 1. The molecule has 0 amide bonds. The van der Waals surface area contributed by atoms with E-state index in [1.54, 1.807) is 6.07 Å². The van der Waals surface area contributed by atoms with Gasteiger partial charge in [0.25, 0.3) is 0 Å². The first-order chi connectivity index (χ1) is 9.38. The largest absolute Gasteiger partial charge is 0.382 e. The van der Waals surface area contributed by atoms with Crippen LogP contribution in [-0.2, 0) is 16.6 Å². The van der Waals surface area contributed by atoms with Gasteiger partial charge in [0.15, 0.2) is 0 Å². The maximum atomic E-state index is 12.1. The minimum atomic E-state index is -3.70. The third-order valence-electron chi connectivity index (χ3n) is 2.54. The molecule has 0 unspecified atom stereocenters. The van der Waals surface area contributed by atoms with Crippen LogP contribution >= 0.6 is 11.6 Å². The SMILES string of the molecule is Cc1cccc(CNS(=O)(=O)c2cnc(N)c(Cl)c2)n1. The van der Waals surface area contributed by atoms with Gasteiger partial charge < -0.3 is 5.73 Å². The fourth-order valence-corrected chi connectivity index (χ4v) is 2.73. The summed E-state index contributed by atoms with van der Waals surface area (Å²) in [5.74, 6) is 0.0889. The Morgan fingerprint density at radius 2 is 2.15 bits per heavy atom. The molecule has 3 N–H and O–H groups in total. The predicted octanol–water partition coefficient (Wildman–Crippen LogP) is 1.50. The third-order valence-corrected chi connectivity index (χ3v) is 4.22. The van der Waals surface area contributed by atoms with E-state index < -0.39 is 10.0 Å². The number of nitrogen functional groups attached to an aromatic ring is 1. The van der Waals surface area contributed by atoms with Crippen LogP contribution < -0.4 is 10.5 Å². The van der Waals surface area contributed by atoms with Crippen molar-refractivity contribution in [1.29, 1.82) is 0 Å². The summed E-state index contributed by atoms with van der Waals surface area (Å²) < 4.78 is 26.6. The zero-order valence-corrected chi connectivity index (χ0v) is 12.2. The summed E-state index contributed by atoms with van der Waals surface area (Å²) in [5, 5.41) is 0.0987. The lowest BCUT2D eigenvalue weighted by molar-refractivity contribution is 0.580. The molecule has 0 saturated carbocycles. The molecule has 0 saturated heterocycles. The normalized spacial score (nSPS) is 11.5. The Hall–Kier alpha value is -1.70. The van der Waals surface area contributed by atoms with Gasteiger partial charge in [-0.2, -0.15) is 0 Å². The van der Waals surface area contributed by atoms with Crippen molar-refractivity contribution in [3.8, 4) is 0 Å². The number of sulfonamides is 1. The molecule has 2 rings (SSSR count). The Kier molecular flexibility index (Phi) is 4.22. The second-order valence-corrected chi connectivity index (χ2v) is 6.31. The van der Waals surface area contributed by atoms with Crippen LogP contribution in [0.4, 0.5) is 5.82 Å². The molecule has 0 atom stereocenters. The third kappa shape index (κ3) is 3.44. The summed E-state index contributed by atoms with van der Waals surface area (Å²) in [6, 6.07) is 6.65. The predicted molar refractivity (Wildman–Crippen MR) is 76.7 cm³/mol. The summed E-state index contributed by atoms with van der Waals surface area (Å²) in [6.45, 7) is 1.92. The summed E-state index contributed by atoms with van der Waals surface area (Å²) >= 11 is 5.77. The van der Waals surface area contributed by atoms with Gasteiger partial charge in [-0.1, -0.05) is 17.7 Å². The molecule has 0 aromatic carbocycles. The molecule has 0 aliphatic rings. The molecule has 0 spiro atoms. The van der Waals surface area contributed by atoms with Crippen molar-refractivity contribution in [3.63, 3.8) is 0 Å². The molecule has 20 heavy (non-hydrogen) atoms. The van der Waals surface area contributed by atoms with Gasteiger partial charge in [0.05, 0.1) is 17.3 Å². The first-order valence-electron chi connectivity index (χ1n) is 5.72. The molecular weight excluding hydrogens is 300 g/mol. The monoisotopic (exact) mass is 312 g/mol. The van der Waals surface area contributed by atoms with Crippen molar-refractivity contribution in [3.05, 3.63) is 46.9 Å². The van der Waals surface area contributed by atoms with E-state index in [9.17, 15) is 8.42 Å². The Balaban J connectivity index is 2.17. The highest BCUT2D eigenvalue weighted by Crippen LogP contribution is 2.19. The van der Waals surface area contributed by atoms with Crippen molar-refractivity contribution in [2.24, 2.45) is 0 Å². The van der Waals surface area contributed by atoms with E-state index in [0.29, 0.717) is 5.69 Å². The van der Waals surface area contributed by atoms with Crippen LogP contribution in [0.3, 0.4) is 0 Å². The smallest absolute Gasteiger partial charge is 0.242 e. The molecule has 0 aliphatic heterocycles. The quantitative estimate of drug-likeness (QED) is 0.891.